The zero-order chi connectivity index (χ0) is 31.5. The summed E-state index contributed by atoms with van der Waals surface area (Å²) in [6, 6.07) is 16.9. The predicted molar refractivity (Wildman–Crippen MR) is 164 cm³/mol. The monoisotopic (exact) mass is 592 g/mol. The molecule has 2 aromatic carbocycles. The SMILES string of the molecule is C=CCCC[C@H](Cc1ccccc1)C(=O)OC[C@@H](NC(=O)[C@@H](CC=C)CC(=O)N[C@@H](C)CO)C(=O)OCc1ccccc1. The number of benzene rings is 2. The second-order valence-corrected chi connectivity index (χ2v) is 10.5. The van der Waals surface area contributed by atoms with Crippen molar-refractivity contribution < 1.29 is 33.8 Å². The summed E-state index contributed by atoms with van der Waals surface area (Å²) in [6.07, 6.45) is 5.81. The molecule has 0 heterocycles. The van der Waals surface area contributed by atoms with Crippen LogP contribution in [0.4, 0.5) is 0 Å². The quantitative estimate of drug-likeness (QED) is 0.120. The van der Waals surface area contributed by atoms with Gasteiger partial charge >= 0.3 is 11.9 Å². The van der Waals surface area contributed by atoms with Gasteiger partial charge in [0.15, 0.2) is 6.04 Å². The fourth-order valence-corrected chi connectivity index (χ4v) is 4.37. The van der Waals surface area contributed by atoms with Crippen LogP contribution in [0.15, 0.2) is 86.0 Å². The van der Waals surface area contributed by atoms with Crippen LogP contribution in [-0.4, -0.2) is 54.2 Å². The summed E-state index contributed by atoms with van der Waals surface area (Å²) in [5.74, 6) is -3.56. The number of allylic oxidation sites excluding steroid dienone is 2. The fourth-order valence-electron chi connectivity index (χ4n) is 4.37. The van der Waals surface area contributed by atoms with E-state index >= 15 is 0 Å². The van der Waals surface area contributed by atoms with Crippen LogP contribution in [0.2, 0.25) is 0 Å². The number of amides is 2. The van der Waals surface area contributed by atoms with Gasteiger partial charge in [0.1, 0.15) is 13.2 Å². The van der Waals surface area contributed by atoms with E-state index in [0.29, 0.717) is 12.8 Å². The van der Waals surface area contributed by atoms with Gasteiger partial charge in [-0.05, 0) is 50.2 Å². The molecule has 0 aliphatic heterocycles. The Hall–Kier alpha value is -4.24. The third-order valence-corrected chi connectivity index (χ3v) is 6.77. The van der Waals surface area contributed by atoms with E-state index in [2.05, 4.69) is 23.8 Å². The van der Waals surface area contributed by atoms with Crippen LogP contribution in [0.1, 0.15) is 50.2 Å². The molecular formula is C34H44N2O7. The molecule has 0 aromatic heterocycles. The molecule has 232 valence electrons. The van der Waals surface area contributed by atoms with Crippen molar-refractivity contribution in [1.82, 2.24) is 10.6 Å². The molecule has 9 heteroatoms. The second-order valence-electron chi connectivity index (χ2n) is 10.5. The van der Waals surface area contributed by atoms with Gasteiger partial charge in [-0.3, -0.25) is 14.4 Å². The Kier molecular flexibility index (Phi) is 16.1. The van der Waals surface area contributed by atoms with Gasteiger partial charge in [-0.25, -0.2) is 4.79 Å². The van der Waals surface area contributed by atoms with E-state index in [1.165, 1.54) is 6.08 Å². The average molecular weight is 593 g/mol. The van der Waals surface area contributed by atoms with Crippen molar-refractivity contribution in [2.24, 2.45) is 11.8 Å². The normalized spacial score (nSPS) is 13.4. The lowest BCUT2D eigenvalue weighted by Gasteiger charge is -2.23. The molecule has 0 aliphatic carbocycles. The number of carbonyl (C=O) groups is 4. The molecule has 0 saturated carbocycles. The standard InChI is InChI=1S/C34H44N2O7/c1-4-6-9-19-29(20-26-15-10-7-11-16-26)33(40)43-24-30(34(41)42-23-27-17-12-8-13-18-27)36-32(39)28(14-5-2)21-31(38)35-25(3)22-37/h4-5,7-8,10-13,15-18,25,28-30,37H,1-2,6,9,14,19-24H2,3H3,(H,35,38)(H,36,39)/t25-,28-,29+,30+/m0/s1. The van der Waals surface area contributed by atoms with Gasteiger partial charge in [0, 0.05) is 12.5 Å². The number of nitrogens with one attached hydrogen (secondary N) is 2. The number of esters is 2. The summed E-state index contributed by atoms with van der Waals surface area (Å²) < 4.78 is 11.1. The number of aliphatic hydroxyl groups is 1. The van der Waals surface area contributed by atoms with Crippen molar-refractivity contribution in [3.8, 4) is 0 Å². The third kappa shape index (κ3) is 13.5. The molecule has 4 atom stereocenters. The second kappa shape index (κ2) is 19.8. The predicted octanol–water partition coefficient (Wildman–Crippen LogP) is 4.05. The van der Waals surface area contributed by atoms with E-state index in [4.69, 9.17) is 9.47 Å². The van der Waals surface area contributed by atoms with Crippen LogP contribution >= 0.6 is 0 Å². The zero-order valence-corrected chi connectivity index (χ0v) is 24.9. The van der Waals surface area contributed by atoms with Crippen LogP contribution in [-0.2, 0) is 41.7 Å². The van der Waals surface area contributed by atoms with Gasteiger partial charge in [-0.15, -0.1) is 13.2 Å². The van der Waals surface area contributed by atoms with Crippen LogP contribution in [0, 0.1) is 11.8 Å². The average Bonchev–Trinajstić information content (AvgIpc) is 3.01. The molecule has 3 N–H and O–H groups in total. The van der Waals surface area contributed by atoms with E-state index in [0.717, 1.165) is 24.0 Å². The highest BCUT2D eigenvalue weighted by atomic mass is 16.6. The number of unbranched alkanes of at least 4 members (excludes halogenated alkanes) is 1. The molecule has 43 heavy (non-hydrogen) atoms. The molecule has 9 nitrogen and oxygen atoms in total. The van der Waals surface area contributed by atoms with E-state index in [1.54, 1.807) is 25.1 Å². The number of rotatable bonds is 20. The first kappa shape index (κ1) is 35.0. The van der Waals surface area contributed by atoms with Gasteiger partial charge in [-0.2, -0.15) is 0 Å². The Morgan fingerprint density at radius 2 is 1.51 bits per heavy atom. The highest BCUT2D eigenvalue weighted by Gasteiger charge is 2.30. The summed E-state index contributed by atoms with van der Waals surface area (Å²) in [7, 11) is 0. The van der Waals surface area contributed by atoms with Crippen LogP contribution < -0.4 is 10.6 Å². The number of aliphatic hydroxyl groups excluding tert-OH is 1. The van der Waals surface area contributed by atoms with Crippen molar-refractivity contribution in [3.63, 3.8) is 0 Å². The molecule has 2 rings (SSSR count). The van der Waals surface area contributed by atoms with Crippen molar-refractivity contribution in [3.05, 3.63) is 97.1 Å². The molecule has 0 radical (unpaired) electrons. The molecular weight excluding hydrogens is 548 g/mol. The van der Waals surface area contributed by atoms with E-state index in [9.17, 15) is 24.3 Å². The first-order chi connectivity index (χ1) is 20.8. The van der Waals surface area contributed by atoms with Crippen molar-refractivity contribution in [1.29, 1.82) is 0 Å². The Morgan fingerprint density at radius 3 is 2.12 bits per heavy atom. The van der Waals surface area contributed by atoms with Crippen LogP contribution in [0.5, 0.6) is 0 Å². The van der Waals surface area contributed by atoms with Crippen LogP contribution in [0.25, 0.3) is 0 Å². The largest absolute Gasteiger partial charge is 0.463 e. The molecule has 0 bridgehead atoms. The van der Waals surface area contributed by atoms with Gasteiger partial charge in [0.25, 0.3) is 0 Å². The smallest absolute Gasteiger partial charge is 0.332 e. The van der Waals surface area contributed by atoms with E-state index in [1.807, 2.05) is 48.5 Å². The van der Waals surface area contributed by atoms with E-state index < -0.39 is 54.3 Å². The minimum Gasteiger partial charge on any atom is -0.463 e. The Bertz CT molecular complexity index is 1170. The lowest BCUT2D eigenvalue weighted by molar-refractivity contribution is -0.157. The Balaban J connectivity index is 2.16. The maximum Gasteiger partial charge on any atom is 0.332 e. The third-order valence-electron chi connectivity index (χ3n) is 6.77. The van der Waals surface area contributed by atoms with Gasteiger partial charge < -0.3 is 25.2 Å². The first-order valence-corrected chi connectivity index (χ1v) is 14.6. The highest BCUT2D eigenvalue weighted by molar-refractivity contribution is 5.89. The first-order valence-electron chi connectivity index (χ1n) is 14.6. The summed E-state index contributed by atoms with van der Waals surface area (Å²) >= 11 is 0. The topological polar surface area (TPSA) is 131 Å². The van der Waals surface area contributed by atoms with Gasteiger partial charge in [0.2, 0.25) is 11.8 Å². The highest BCUT2D eigenvalue weighted by Crippen LogP contribution is 2.18. The zero-order valence-electron chi connectivity index (χ0n) is 24.9. The molecule has 0 fully saturated rings. The van der Waals surface area contributed by atoms with E-state index in [-0.39, 0.29) is 26.1 Å². The number of carbonyl (C=O) groups excluding carboxylic acids is 4. The molecule has 2 aromatic rings. The van der Waals surface area contributed by atoms with Gasteiger partial charge in [0.05, 0.1) is 18.4 Å². The summed E-state index contributed by atoms with van der Waals surface area (Å²) in [5, 5.41) is 14.5. The van der Waals surface area contributed by atoms with Crippen molar-refractivity contribution in [2.45, 2.75) is 64.1 Å². The fraction of sp³-hybridized carbons (Fsp3) is 0.412. The molecule has 0 saturated heterocycles. The summed E-state index contributed by atoms with van der Waals surface area (Å²) in [5.41, 5.74) is 1.73. The molecule has 0 unspecified atom stereocenters. The van der Waals surface area contributed by atoms with Crippen molar-refractivity contribution in [2.75, 3.05) is 13.2 Å². The molecule has 2 amide bonds. The lowest BCUT2D eigenvalue weighted by atomic mass is 9.94. The Labute approximate surface area is 254 Å². The maximum atomic E-state index is 13.3. The number of hydrogen-bond donors (Lipinski definition) is 3. The minimum atomic E-state index is -1.29. The lowest BCUT2D eigenvalue weighted by Crippen LogP contribution is -2.48. The van der Waals surface area contributed by atoms with Gasteiger partial charge in [-0.1, -0.05) is 72.8 Å². The maximum absolute atomic E-state index is 13.3. The number of ether oxygens (including phenoxy) is 2. The summed E-state index contributed by atoms with van der Waals surface area (Å²) in [6.45, 7) is 8.34. The number of hydrogen-bond acceptors (Lipinski definition) is 7. The Morgan fingerprint density at radius 1 is 0.860 bits per heavy atom. The molecule has 0 spiro atoms. The van der Waals surface area contributed by atoms with Crippen molar-refractivity contribution >= 4 is 23.8 Å². The molecule has 0 aliphatic rings. The minimum absolute atomic E-state index is 0.0320. The summed E-state index contributed by atoms with van der Waals surface area (Å²) in [4.78, 5) is 52.1. The van der Waals surface area contributed by atoms with Crippen LogP contribution in [0.3, 0.4) is 0 Å².